The number of hydrogen-bond acceptors (Lipinski definition) is 10. The molecule has 10 nitrogen and oxygen atoms in total. The second kappa shape index (κ2) is 11.1. The van der Waals surface area contributed by atoms with Crippen LogP contribution in [0.3, 0.4) is 0 Å². The predicted octanol–water partition coefficient (Wildman–Crippen LogP) is 4.30. The number of anilines is 1. The van der Waals surface area contributed by atoms with Crippen molar-refractivity contribution in [2.75, 3.05) is 18.7 Å². The van der Waals surface area contributed by atoms with Crippen molar-refractivity contribution >= 4 is 46.1 Å². The first kappa shape index (κ1) is 23.7. The number of rotatable bonds is 9. The topological polar surface area (TPSA) is 140 Å². The van der Waals surface area contributed by atoms with Gasteiger partial charge in [0.05, 0.1) is 17.6 Å². The summed E-state index contributed by atoms with van der Waals surface area (Å²) < 4.78 is 15.1. The van der Waals surface area contributed by atoms with Crippen LogP contribution >= 0.6 is 23.3 Å². The standard InChI is InChI=1S/C21H17N5O5S2/c1-30-18-10-13(9-15(11-22)19(27)23-20-24-21(32-2)25-33-20)7-8-17(18)31-12-14-5-3-4-6-16(14)26(28)29/h3-10H,12H2,1-2H3,(H,23,24,25,27). The Hall–Kier alpha value is -3.95. The predicted molar refractivity (Wildman–Crippen MR) is 124 cm³/mol. The Morgan fingerprint density at radius 1 is 1.33 bits per heavy atom. The Labute approximate surface area is 197 Å². The monoisotopic (exact) mass is 483 g/mol. The van der Waals surface area contributed by atoms with E-state index in [-0.39, 0.29) is 17.9 Å². The number of carbonyl (C=O) groups is 1. The first-order chi connectivity index (χ1) is 15.9. The Bertz CT molecular complexity index is 1250. The third-order valence-electron chi connectivity index (χ3n) is 4.25. The lowest BCUT2D eigenvalue weighted by Gasteiger charge is -2.12. The molecule has 3 aromatic rings. The molecule has 2 aromatic carbocycles. The van der Waals surface area contributed by atoms with Gasteiger partial charge in [-0.3, -0.25) is 20.2 Å². The zero-order chi connectivity index (χ0) is 23.8. The van der Waals surface area contributed by atoms with Crippen LogP contribution in [0.5, 0.6) is 11.5 Å². The molecule has 3 rings (SSSR count). The second-order valence-electron chi connectivity index (χ2n) is 6.29. The summed E-state index contributed by atoms with van der Waals surface area (Å²) in [6, 6.07) is 13.0. The highest BCUT2D eigenvalue weighted by molar-refractivity contribution is 7.98. The quantitative estimate of drug-likeness (QED) is 0.155. The smallest absolute Gasteiger partial charge is 0.276 e. The summed E-state index contributed by atoms with van der Waals surface area (Å²) in [5.74, 6) is 0.0833. The van der Waals surface area contributed by atoms with E-state index in [1.807, 2.05) is 12.3 Å². The largest absolute Gasteiger partial charge is 0.493 e. The van der Waals surface area contributed by atoms with Gasteiger partial charge in [0.1, 0.15) is 18.2 Å². The highest BCUT2D eigenvalue weighted by Gasteiger charge is 2.15. The molecule has 1 heterocycles. The van der Waals surface area contributed by atoms with Crippen LogP contribution in [0, 0.1) is 21.4 Å². The fourth-order valence-electron chi connectivity index (χ4n) is 2.68. The van der Waals surface area contributed by atoms with Crippen LogP contribution in [-0.4, -0.2) is 33.6 Å². The summed E-state index contributed by atoms with van der Waals surface area (Å²) in [4.78, 5) is 27.3. The van der Waals surface area contributed by atoms with Crippen molar-refractivity contribution in [1.82, 2.24) is 9.36 Å². The van der Waals surface area contributed by atoms with Gasteiger partial charge in [-0.2, -0.15) is 14.6 Å². The number of para-hydroxylation sites is 1. The van der Waals surface area contributed by atoms with Crippen LogP contribution in [0.4, 0.5) is 10.8 Å². The van der Waals surface area contributed by atoms with E-state index >= 15 is 0 Å². The molecule has 12 heteroatoms. The number of hydrogen-bond donors (Lipinski definition) is 1. The fraction of sp³-hybridized carbons (Fsp3) is 0.143. The van der Waals surface area contributed by atoms with Crippen LogP contribution in [0.25, 0.3) is 6.08 Å². The molecule has 0 aliphatic heterocycles. The van der Waals surface area contributed by atoms with E-state index in [4.69, 9.17) is 9.47 Å². The lowest BCUT2D eigenvalue weighted by atomic mass is 10.1. The van der Waals surface area contributed by atoms with Crippen molar-refractivity contribution in [3.05, 3.63) is 69.3 Å². The molecule has 0 saturated heterocycles. The molecule has 0 unspecified atom stereocenters. The Morgan fingerprint density at radius 3 is 2.79 bits per heavy atom. The van der Waals surface area contributed by atoms with Crippen molar-refractivity contribution in [2.24, 2.45) is 0 Å². The number of carbonyl (C=O) groups excluding carboxylic acids is 1. The number of nitrogens with zero attached hydrogens (tertiary/aromatic N) is 4. The van der Waals surface area contributed by atoms with Crippen molar-refractivity contribution in [3.63, 3.8) is 0 Å². The minimum atomic E-state index is -0.614. The maximum absolute atomic E-state index is 12.4. The molecule has 0 aliphatic rings. The zero-order valence-electron chi connectivity index (χ0n) is 17.5. The third-order valence-corrected chi connectivity index (χ3v) is 5.54. The van der Waals surface area contributed by atoms with E-state index in [2.05, 4.69) is 14.7 Å². The number of ether oxygens (including phenoxy) is 2. The van der Waals surface area contributed by atoms with Crippen LogP contribution < -0.4 is 14.8 Å². The first-order valence-corrected chi connectivity index (χ1v) is 11.3. The number of methoxy groups -OCH3 is 1. The average Bonchev–Trinajstić information content (AvgIpc) is 3.28. The van der Waals surface area contributed by atoms with Crippen molar-refractivity contribution in [1.29, 1.82) is 5.26 Å². The molecule has 168 valence electrons. The molecule has 0 atom stereocenters. The minimum absolute atomic E-state index is 0.0333. The molecule has 0 fully saturated rings. The van der Waals surface area contributed by atoms with E-state index in [0.29, 0.717) is 32.9 Å². The Morgan fingerprint density at radius 2 is 2.12 bits per heavy atom. The number of amides is 1. The molecular formula is C21H17N5O5S2. The van der Waals surface area contributed by atoms with Crippen molar-refractivity contribution < 1.29 is 19.2 Å². The maximum atomic E-state index is 12.4. The Kier molecular flexibility index (Phi) is 7.96. The minimum Gasteiger partial charge on any atom is -0.493 e. The highest BCUT2D eigenvalue weighted by atomic mass is 32.2. The molecule has 0 spiro atoms. The number of aromatic nitrogens is 2. The van der Waals surface area contributed by atoms with E-state index in [0.717, 1.165) is 11.5 Å². The summed E-state index contributed by atoms with van der Waals surface area (Å²) >= 11 is 2.36. The first-order valence-electron chi connectivity index (χ1n) is 9.29. The van der Waals surface area contributed by atoms with Crippen LogP contribution in [0.15, 0.2) is 53.2 Å². The SMILES string of the molecule is COc1cc(C=C(C#N)C(=O)Nc2nc(SC)ns2)ccc1OCc1ccccc1[N+](=O)[O-]. The third kappa shape index (κ3) is 6.06. The van der Waals surface area contributed by atoms with Crippen LogP contribution in [0.1, 0.15) is 11.1 Å². The van der Waals surface area contributed by atoms with Gasteiger partial charge >= 0.3 is 0 Å². The second-order valence-corrected chi connectivity index (χ2v) is 7.82. The van der Waals surface area contributed by atoms with Gasteiger partial charge in [-0.05, 0) is 36.1 Å². The summed E-state index contributed by atoms with van der Waals surface area (Å²) in [6.45, 7) is -0.0333. The number of nitrogens with one attached hydrogen (secondary N) is 1. The number of thioether (sulfide) groups is 1. The molecule has 0 aliphatic carbocycles. The number of nitro groups is 1. The van der Waals surface area contributed by atoms with Crippen LogP contribution in [-0.2, 0) is 11.4 Å². The average molecular weight is 484 g/mol. The summed E-state index contributed by atoms with van der Waals surface area (Å²) in [6.07, 6.45) is 3.22. The van der Waals surface area contributed by atoms with E-state index in [1.165, 1.54) is 31.0 Å². The summed E-state index contributed by atoms with van der Waals surface area (Å²) in [5.41, 5.74) is 0.768. The fourth-order valence-corrected chi connectivity index (χ4v) is 3.80. The molecule has 1 amide bonds. The van der Waals surface area contributed by atoms with Gasteiger partial charge in [-0.1, -0.05) is 30.0 Å². The molecule has 1 aromatic heterocycles. The van der Waals surface area contributed by atoms with Crippen molar-refractivity contribution in [3.8, 4) is 17.6 Å². The lowest BCUT2D eigenvalue weighted by molar-refractivity contribution is -0.385. The van der Waals surface area contributed by atoms with Gasteiger partial charge in [-0.25, -0.2) is 0 Å². The maximum Gasteiger partial charge on any atom is 0.276 e. The van der Waals surface area contributed by atoms with Gasteiger partial charge in [0.15, 0.2) is 11.5 Å². The summed E-state index contributed by atoms with van der Waals surface area (Å²) in [5, 5.41) is 24.0. The highest BCUT2D eigenvalue weighted by Crippen LogP contribution is 2.31. The van der Waals surface area contributed by atoms with Gasteiger partial charge < -0.3 is 9.47 Å². The van der Waals surface area contributed by atoms with Crippen LogP contribution in [0.2, 0.25) is 0 Å². The normalized spacial score (nSPS) is 10.9. The van der Waals surface area contributed by atoms with E-state index in [1.54, 1.807) is 36.4 Å². The summed E-state index contributed by atoms with van der Waals surface area (Å²) in [7, 11) is 1.44. The number of nitro benzene ring substituents is 1. The van der Waals surface area contributed by atoms with E-state index < -0.39 is 10.8 Å². The number of nitriles is 1. The molecule has 1 N–H and O–H groups in total. The number of benzene rings is 2. The molecule has 0 bridgehead atoms. The van der Waals surface area contributed by atoms with Gasteiger partial charge in [0.2, 0.25) is 10.3 Å². The lowest BCUT2D eigenvalue weighted by Crippen LogP contribution is -2.13. The molecule has 33 heavy (non-hydrogen) atoms. The van der Waals surface area contributed by atoms with Gasteiger partial charge in [0, 0.05) is 17.6 Å². The Balaban J connectivity index is 1.76. The molecule has 0 saturated carbocycles. The zero-order valence-corrected chi connectivity index (χ0v) is 19.1. The van der Waals surface area contributed by atoms with Crippen molar-refractivity contribution in [2.45, 2.75) is 11.8 Å². The molecular weight excluding hydrogens is 466 g/mol. The molecule has 0 radical (unpaired) electrons. The van der Waals surface area contributed by atoms with Gasteiger partial charge in [-0.15, -0.1) is 0 Å². The van der Waals surface area contributed by atoms with Gasteiger partial charge in [0.25, 0.3) is 11.6 Å². The van der Waals surface area contributed by atoms with E-state index in [9.17, 15) is 20.2 Å².